The van der Waals surface area contributed by atoms with Crippen molar-refractivity contribution in [2.75, 3.05) is 0 Å². The summed E-state index contributed by atoms with van der Waals surface area (Å²) in [5, 5.41) is 0.871. The zero-order valence-electron chi connectivity index (χ0n) is 18.6. The van der Waals surface area contributed by atoms with Gasteiger partial charge in [-0.3, -0.25) is 9.36 Å². The van der Waals surface area contributed by atoms with Gasteiger partial charge >= 0.3 is 6.55 Å². The van der Waals surface area contributed by atoms with Gasteiger partial charge in [0.25, 0.3) is 0 Å². The van der Waals surface area contributed by atoms with E-state index in [2.05, 4.69) is 15.0 Å². The fraction of sp³-hybridized carbons (Fsp3) is 0.391. The Morgan fingerprint density at radius 3 is 2.71 bits per heavy atom. The van der Waals surface area contributed by atoms with E-state index in [-0.39, 0.29) is 11.3 Å². The van der Waals surface area contributed by atoms with Crippen LogP contribution in [0, 0.1) is 6.92 Å². The van der Waals surface area contributed by atoms with E-state index < -0.39 is 36.9 Å². The third-order valence-corrected chi connectivity index (χ3v) is 6.34. The lowest BCUT2D eigenvalue weighted by Crippen LogP contribution is -2.35. The fourth-order valence-electron chi connectivity index (χ4n) is 4.82. The van der Waals surface area contributed by atoms with Crippen molar-refractivity contribution in [3.05, 3.63) is 54.4 Å². The van der Waals surface area contributed by atoms with Crippen LogP contribution in [0.1, 0.15) is 42.7 Å². The molecule has 4 atom stereocenters. The molecule has 2 aliphatic heterocycles. The van der Waals surface area contributed by atoms with Gasteiger partial charge in [-0.15, -0.1) is 0 Å². The number of ether oxygens (including phenoxy) is 3. The van der Waals surface area contributed by atoms with Gasteiger partial charge < -0.3 is 18.8 Å². The largest absolute Gasteiger partial charge is 0.341 e. The zero-order chi connectivity index (χ0) is 23.8. The molecular weight excluding hydrogens is 448 g/mol. The summed E-state index contributed by atoms with van der Waals surface area (Å²) >= 11 is 0. The molecule has 0 amide bonds. The van der Waals surface area contributed by atoms with E-state index in [9.17, 15) is 13.6 Å². The lowest BCUT2D eigenvalue weighted by atomic mass is 10.0. The van der Waals surface area contributed by atoms with Crippen LogP contribution in [0.2, 0.25) is 0 Å². The van der Waals surface area contributed by atoms with Crippen LogP contribution in [0.5, 0.6) is 0 Å². The zero-order valence-corrected chi connectivity index (χ0v) is 18.6. The van der Waals surface area contributed by atoms with Crippen molar-refractivity contribution in [2.24, 2.45) is 0 Å². The number of imidazole rings is 1. The molecule has 11 heteroatoms. The quantitative estimate of drug-likeness (QED) is 0.420. The number of ketones is 1. The molecular formula is C23H21F2N5O4. The molecule has 2 saturated heterocycles. The van der Waals surface area contributed by atoms with Gasteiger partial charge in [-0.05, 0) is 45.0 Å². The smallest absolute Gasteiger partial charge is 0.320 e. The van der Waals surface area contributed by atoms with Gasteiger partial charge in [0.2, 0.25) is 0 Å². The Morgan fingerprint density at radius 2 is 1.91 bits per heavy atom. The van der Waals surface area contributed by atoms with Crippen LogP contribution in [-0.4, -0.2) is 54.0 Å². The fourth-order valence-corrected chi connectivity index (χ4v) is 4.82. The number of Topliss-reactive ketones (excluding diaryl/α,β-unsaturated/α-hetero) is 1. The maximum atomic E-state index is 13.5. The molecule has 2 aliphatic rings. The molecule has 3 aromatic heterocycles. The monoisotopic (exact) mass is 469 g/mol. The van der Waals surface area contributed by atoms with Gasteiger partial charge in [0.1, 0.15) is 30.5 Å². The molecule has 0 saturated carbocycles. The third-order valence-electron chi connectivity index (χ3n) is 6.34. The van der Waals surface area contributed by atoms with E-state index in [0.29, 0.717) is 16.7 Å². The number of aromatic nitrogens is 5. The lowest BCUT2D eigenvalue weighted by Gasteiger charge is -2.24. The van der Waals surface area contributed by atoms with Gasteiger partial charge in [0.05, 0.1) is 16.7 Å². The Hall–Kier alpha value is -3.28. The molecule has 34 heavy (non-hydrogen) atoms. The van der Waals surface area contributed by atoms with Gasteiger partial charge in [-0.25, -0.2) is 15.0 Å². The second-order valence-electron chi connectivity index (χ2n) is 8.93. The average molecular weight is 469 g/mol. The summed E-state index contributed by atoms with van der Waals surface area (Å²) in [5.41, 5.74) is 2.32. The first-order valence-electron chi connectivity index (χ1n) is 10.8. The molecule has 1 unspecified atom stereocenters. The number of hydrogen-bond donors (Lipinski definition) is 0. The molecule has 0 bridgehead atoms. The van der Waals surface area contributed by atoms with E-state index in [0.717, 1.165) is 22.0 Å². The number of aryl methyl sites for hydroxylation is 1. The van der Waals surface area contributed by atoms with Gasteiger partial charge in [-0.1, -0.05) is 0 Å². The van der Waals surface area contributed by atoms with Crippen molar-refractivity contribution in [1.82, 2.24) is 24.1 Å². The van der Waals surface area contributed by atoms with Crippen molar-refractivity contribution in [3.63, 3.8) is 0 Å². The Bertz CT molecular complexity index is 1430. The predicted octanol–water partition coefficient (Wildman–Crippen LogP) is 3.78. The molecule has 0 aliphatic carbocycles. The maximum Gasteiger partial charge on any atom is 0.320 e. The van der Waals surface area contributed by atoms with E-state index in [1.54, 1.807) is 13.8 Å². The first kappa shape index (κ1) is 21.3. The highest BCUT2D eigenvalue weighted by atomic mass is 19.3. The number of carbonyl (C=O) groups is 1. The topological polar surface area (TPSA) is 93.3 Å². The van der Waals surface area contributed by atoms with Gasteiger partial charge in [-0.2, -0.15) is 8.78 Å². The molecule has 1 aromatic carbocycles. The first-order valence-corrected chi connectivity index (χ1v) is 10.8. The summed E-state index contributed by atoms with van der Waals surface area (Å²) in [6.07, 6.45) is 1.52. The van der Waals surface area contributed by atoms with Crippen LogP contribution < -0.4 is 0 Å². The summed E-state index contributed by atoms with van der Waals surface area (Å²) in [7, 11) is 0. The number of alkyl halides is 2. The predicted molar refractivity (Wildman–Crippen MR) is 115 cm³/mol. The van der Waals surface area contributed by atoms with Crippen LogP contribution in [0.15, 0.2) is 43.1 Å². The highest BCUT2D eigenvalue weighted by Crippen LogP contribution is 2.45. The van der Waals surface area contributed by atoms with Gasteiger partial charge in [0.15, 0.2) is 23.9 Å². The molecule has 6 rings (SSSR count). The maximum absolute atomic E-state index is 13.5. The number of carbonyl (C=O) groups excluding carboxylic acids is 1. The summed E-state index contributed by atoms with van der Waals surface area (Å²) in [6, 6.07) is 6.34. The SMILES string of the molecule is Cc1ncnc2c1ccn2[C@@H]1O[C@H](C(=O)c2ccc3c(c2)ncn3C(F)F)[C@H]2OC(C)(C)OC12. The Morgan fingerprint density at radius 1 is 1.12 bits per heavy atom. The minimum atomic E-state index is -2.72. The molecule has 4 aromatic rings. The molecule has 0 spiro atoms. The average Bonchev–Trinajstić information content (AvgIpc) is 3.54. The summed E-state index contributed by atoms with van der Waals surface area (Å²) in [4.78, 5) is 26.2. The van der Waals surface area contributed by atoms with Crippen molar-refractivity contribution < 1.29 is 27.8 Å². The van der Waals surface area contributed by atoms with Crippen molar-refractivity contribution in [3.8, 4) is 0 Å². The van der Waals surface area contributed by atoms with Gasteiger partial charge in [0, 0.05) is 17.1 Å². The second-order valence-corrected chi connectivity index (χ2v) is 8.93. The number of fused-ring (bicyclic) bond motifs is 3. The van der Waals surface area contributed by atoms with Crippen molar-refractivity contribution in [2.45, 2.75) is 57.6 Å². The number of nitrogens with zero attached hydrogens (tertiary/aromatic N) is 5. The number of rotatable bonds is 4. The summed E-state index contributed by atoms with van der Waals surface area (Å²) in [5.74, 6) is -1.25. The number of benzene rings is 1. The van der Waals surface area contributed by atoms with Crippen molar-refractivity contribution >= 4 is 27.9 Å². The van der Waals surface area contributed by atoms with Crippen LogP contribution in [0.25, 0.3) is 22.1 Å². The minimum absolute atomic E-state index is 0.241. The van der Waals surface area contributed by atoms with Crippen LogP contribution >= 0.6 is 0 Å². The molecule has 9 nitrogen and oxygen atoms in total. The molecule has 5 heterocycles. The van der Waals surface area contributed by atoms with E-state index >= 15 is 0 Å². The highest BCUT2D eigenvalue weighted by Gasteiger charge is 2.58. The van der Waals surface area contributed by atoms with Crippen LogP contribution in [0.3, 0.4) is 0 Å². The normalized spacial score (nSPS) is 26.1. The highest BCUT2D eigenvalue weighted by molar-refractivity contribution is 6.02. The third kappa shape index (κ3) is 3.15. The lowest BCUT2D eigenvalue weighted by molar-refractivity contribution is -0.190. The number of halogens is 2. The van der Waals surface area contributed by atoms with Crippen LogP contribution in [0.4, 0.5) is 8.78 Å². The number of hydrogen-bond acceptors (Lipinski definition) is 7. The molecule has 0 N–H and O–H groups in total. The van der Waals surface area contributed by atoms with Crippen LogP contribution in [-0.2, 0) is 14.2 Å². The van der Waals surface area contributed by atoms with E-state index in [4.69, 9.17) is 14.2 Å². The summed E-state index contributed by atoms with van der Waals surface area (Å²) < 4.78 is 47.4. The summed E-state index contributed by atoms with van der Waals surface area (Å²) in [6.45, 7) is 2.74. The Balaban J connectivity index is 1.37. The molecule has 0 radical (unpaired) electrons. The molecule has 176 valence electrons. The second kappa shape index (κ2) is 7.36. The molecule has 2 fully saturated rings. The standard InChI is InChI=1S/C23H21F2N5O4/c1-11-13-6-7-29(20(13)27-9-26-11)21-19-18(33-23(2,3)34-19)17(32-21)16(31)12-4-5-15-14(8-12)28-10-30(15)22(24)25/h4-10,17-19,21-22H,1-3H3/t17-,18-,19?,21-/m1/s1. The van der Waals surface area contributed by atoms with Crippen molar-refractivity contribution in [1.29, 1.82) is 0 Å². The van der Waals surface area contributed by atoms with E-state index in [1.165, 1.54) is 24.5 Å². The first-order chi connectivity index (χ1) is 16.2. The Kier molecular flexibility index (Phi) is 4.60. The Labute approximate surface area is 192 Å². The van der Waals surface area contributed by atoms with E-state index in [1.807, 2.05) is 23.8 Å². The minimum Gasteiger partial charge on any atom is -0.341 e.